The molecule has 10 heteroatoms. The number of aliphatic carboxylic acids is 1. The number of carbonyl (C=O) groups excluding carboxylic acids is 3. The number of aliphatic hydroxyl groups is 1. The normalized spacial score (nSPS) is 15.8. The van der Waals surface area contributed by atoms with Crippen molar-refractivity contribution in [1.29, 1.82) is 0 Å². The summed E-state index contributed by atoms with van der Waals surface area (Å²) in [6, 6.07) is -3.50. The van der Waals surface area contributed by atoms with Gasteiger partial charge in [-0.05, 0) is 19.8 Å². The van der Waals surface area contributed by atoms with Crippen LogP contribution in [0.5, 0.6) is 0 Å². The highest BCUT2D eigenvalue weighted by Crippen LogP contribution is 2.04. The zero-order valence-electron chi connectivity index (χ0n) is 14.2. The molecule has 4 unspecified atom stereocenters. The monoisotopic (exact) mass is 346 g/mol. The Balaban J connectivity index is 5.08. The Morgan fingerprint density at radius 1 is 0.917 bits per heavy atom. The van der Waals surface area contributed by atoms with Crippen molar-refractivity contribution < 1.29 is 29.4 Å². The molecule has 10 nitrogen and oxygen atoms in total. The largest absolute Gasteiger partial charge is 0.480 e. The number of hydrogen-bond donors (Lipinski definition) is 6. The molecule has 0 aliphatic carbocycles. The lowest BCUT2D eigenvalue weighted by molar-refractivity contribution is -0.142. The summed E-state index contributed by atoms with van der Waals surface area (Å²) in [5.74, 6) is -3.62. The van der Waals surface area contributed by atoms with E-state index >= 15 is 0 Å². The minimum absolute atomic E-state index is 0.295. The van der Waals surface area contributed by atoms with Gasteiger partial charge in [-0.15, -0.1) is 0 Å². The quantitative estimate of drug-likeness (QED) is 0.269. The fourth-order valence-electron chi connectivity index (χ4n) is 1.78. The SMILES string of the molecule is CC(NC(=O)C(NC(=O)C(NC(=O)CN)C(C)C)C(C)O)C(=O)O. The number of carboxylic acid groups (broad SMARTS) is 1. The van der Waals surface area contributed by atoms with Crippen LogP contribution in [0.1, 0.15) is 27.7 Å². The third kappa shape index (κ3) is 6.92. The Labute approximate surface area is 140 Å². The Bertz CT molecular complexity index is 480. The van der Waals surface area contributed by atoms with E-state index in [0.717, 1.165) is 0 Å². The summed E-state index contributed by atoms with van der Waals surface area (Å²) in [6.45, 7) is 5.60. The number of aliphatic hydroxyl groups excluding tert-OH is 1. The first-order valence-corrected chi connectivity index (χ1v) is 7.52. The molecular weight excluding hydrogens is 320 g/mol. The lowest BCUT2D eigenvalue weighted by Crippen LogP contribution is -2.59. The minimum atomic E-state index is -1.37. The molecule has 24 heavy (non-hydrogen) atoms. The van der Waals surface area contributed by atoms with Crippen LogP contribution in [0.3, 0.4) is 0 Å². The van der Waals surface area contributed by atoms with Crippen molar-refractivity contribution in [3.63, 3.8) is 0 Å². The van der Waals surface area contributed by atoms with E-state index in [0.29, 0.717) is 0 Å². The number of nitrogens with two attached hydrogens (primary N) is 1. The van der Waals surface area contributed by atoms with Gasteiger partial charge in [0.05, 0.1) is 12.6 Å². The minimum Gasteiger partial charge on any atom is -0.480 e. The zero-order chi connectivity index (χ0) is 19.0. The molecule has 0 aromatic heterocycles. The highest BCUT2D eigenvalue weighted by molar-refractivity contribution is 5.93. The van der Waals surface area contributed by atoms with Gasteiger partial charge in [-0.3, -0.25) is 19.2 Å². The second-order valence-corrected chi connectivity index (χ2v) is 5.79. The molecule has 3 amide bonds. The lowest BCUT2D eigenvalue weighted by atomic mass is 10.0. The summed E-state index contributed by atoms with van der Waals surface area (Å²) in [5, 5.41) is 25.4. The van der Waals surface area contributed by atoms with Crippen LogP contribution in [0.2, 0.25) is 0 Å². The summed E-state index contributed by atoms with van der Waals surface area (Å²) in [4.78, 5) is 46.5. The third-order valence-corrected chi connectivity index (χ3v) is 3.24. The van der Waals surface area contributed by atoms with E-state index in [4.69, 9.17) is 10.8 Å². The Kier molecular flexibility index (Phi) is 8.93. The molecule has 0 heterocycles. The van der Waals surface area contributed by atoms with Gasteiger partial charge in [0, 0.05) is 0 Å². The maximum Gasteiger partial charge on any atom is 0.325 e. The van der Waals surface area contributed by atoms with E-state index in [2.05, 4.69) is 16.0 Å². The van der Waals surface area contributed by atoms with E-state index in [9.17, 15) is 24.3 Å². The van der Waals surface area contributed by atoms with Crippen LogP contribution in [-0.2, 0) is 19.2 Å². The van der Waals surface area contributed by atoms with Gasteiger partial charge < -0.3 is 31.9 Å². The van der Waals surface area contributed by atoms with Gasteiger partial charge in [-0.25, -0.2) is 0 Å². The van der Waals surface area contributed by atoms with Gasteiger partial charge in [0.25, 0.3) is 0 Å². The van der Waals surface area contributed by atoms with Crippen LogP contribution in [0.4, 0.5) is 0 Å². The van der Waals surface area contributed by atoms with Crippen molar-refractivity contribution in [3.8, 4) is 0 Å². The molecule has 0 spiro atoms. The molecule has 7 N–H and O–H groups in total. The van der Waals surface area contributed by atoms with Crippen molar-refractivity contribution in [2.24, 2.45) is 11.7 Å². The molecule has 4 atom stereocenters. The van der Waals surface area contributed by atoms with Crippen molar-refractivity contribution in [1.82, 2.24) is 16.0 Å². The fraction of sp³-hybridized carbons (Fsp3) is 0.714. The van der Waals surface area contributed by atoms with Crippen molar-refractivity contribution in [2.75, 3.05) is 6.54 Å². The maximum absolute atomic E-state index is 12.3. The van der Waals surface area contributed by atoms with E-state index in [-0.39, 0.29) is 12.5 Å². The lowest BCUT2D eigenvalue weighted by Gasteiger charge is -2.26. The van der Waals surface area contributed by atoms with Crippen LogP contribution < -0.4 is 21.7 Å². The van der Waals surface area contributed by atoms with Crippen LogP contribution in [0.25, 0.3) is 0 Å². The number of amides is 3. The first-order valence-electron chi connectivity index (χ1n) is 7.52. The first kappa shape index (κ1) is 21.8. The molecule has 138 valence electrons. The Hall–Kier alpha value is -2.20. The van der Waals surface area contributed by atoms with E-state index < -0.39 is 47.9 Å². The van der Waals surface area contributed by atoms with Crippen molar-refractivity contribution >= 4 is 23.7 Å². The third-order valence-electron chi connectivity index (χ3n) is 3.24. The molecule has 0 saturated heterocycles. The van der Waals surface area contributed by atoms with E-state index in [1.165, 1.54) is 13.8 Å². The molecule has 0 rings (SSSR count). The zero-order valence-corrected chi connectivity index (χ0v) is 14.2. The molecule has 0 aliphatic heterocycles. The summed E-state index contributed by atoms with van der Waals surface area (Å²) < 4.78 is 0. The highest BCUT2D eigenvalue weighted by Gasteiger charge is 2.32. The summed E-state index contributed by atoms with van der Waals surface area (Å²) in [6.07, 6.45) is -1.27. The second kappa shape index (κ2) is 9.83. The van der Waals surface area contributed by atoms with Crippen molar-refractivity contribution in [3.05, 3.63) is 0 Å². The molecule has 0 aromatic rings. The Morgan fingerprint density at radius 3 is 1.79 bits per heavy atom. The van der Waals surface area contributed by atoms with Gasteiger partial charge >= 0.3 is 5.97 Å². The average molecular weight is 346 g/mol. The predicted molar refractivity (Wildman–Crippen MR) is 84.7 cm³/mol. The molecule has 0 aliphatic rings. The number of nitrogens with one attached hydrogen (secondary N) is 3. The number of carbonyl (C=O) groups is 4. The summed E-state index contributed by atoms with van der Waals surface area (Å²) >= 11 is 0. The van der Waals surface area contributed by atoms with Gasteiger partial charge in [0.1, 0.15) is 18.1 Å². The van der Waals surface area contributed by atoms with Gasteiger partial charge in [-0.1, -0.05) is 13.8 Å². The maximum atomic E-state index is 12.3. The predicted octanol–water partition coefficient (Wildman–Crippen LogP) is -2.46. The van der Waals surface area contributed by atoms with E-state index in [1.807, 2.05) is 0 Å². The number of rotatable bonds is 9. The average Bonchev–Trinajstić information content (AvgIpc) is 2.48. The van der Waals surface area contributed by atoms with Crippen LogP contribution in [0.15, 0.2) is 0 Å². The fourth-order valence-corrected chi connectivity index (χ4v) is 1.78. The van der Waals surface area contributed by atoms with Gasteiger partial charge in [-0.2, -0.15) is 0 Å². The molecule has 0 bridgehead atoms. The molecule has 0 saturated carbocycles. The number of hydrogen-bond acceptors (Lipinski definition) is 6. The smallest absolute Gasteiger partial charge is 0.325 e. The van der Waals surface area contributed by atoms with Crippen molar-refractivity contribution in [2.45, 2.75) is 51.9 Å². The second-order valence-electron chi connectivity index (χ2n) is 5.79. The molecule has 0 radical (unpaired) electrons. The number of carboxylic acids is 1. The molecular formula is C14H26N4O6. The Morgan fingerprint density at radius 2 is 1.42 bits per heavy atom. The van der Waals surface area contributed by atoms with Gasteiger partial charge in [0.15, 0.2) is 0 Å². The summed E-state index contributed by atoms with van der Waals surface area (Å²) in [7, 11) is 0. The standard InChI is InChI=1S/C14H26N4O6/c1-6(2)10(17-9(20)5-15)12(21)18-11(8(4)19)13(22)16-7(3)14(23)24/h6-8,10-11,19H,5,15H2,1-4H3,(H,16,22)(H,17,20)(H,18,21)(H,23,24). The van der Waals surface area contributed by atoms with Crippen LogP contribution >= 0.6 is 0 Å². The van der Waals surface area contributed by atoms with Crippen LogP contribution in [0, 0.1) is 5.92 Å². The molecule has 0 aromatic carbocycles. The van der Waals surface area contributed by atoms with E-state index in [1.54, 1.807) is 13.8 Å². The van der Waals surface area contributed by atoms with Crippen LogP contribution in [-0.4, -0.2) is 64.7 Å². The topological polar surface area (TPSA) is 171 Å². The van der Waals surface area contributed by atoms with Gasteiger partial charge in [0.2, 0.25) is 17.7 Å². The highest BCUT2D eigenvalue weighted by atomic mass is 16.4. The first-order chi connectivity index (χ1) is 11.0. The summed E-state index contributed by atoms with van der Waals surface area (Å²) in [5.41, 5.74) is 5.20. The molecule has 0 fully saturated rings.